The van der Waals surface area contributed by atoms with E-state index >= 15 is 0 Å². The fraction of sp³-hybridized carbons (Fsp3) is 0.556. The van der Waals surface area contributed by atoms with Gasteiger partial charge in [-0.2, -0.15) is 0 Å². The number of rotatable bonds is 2. The minimum Gasteiger partial charge on any atom is -0.478 e. The molecule has 1 aliphatic heterocycles. The van der Waals surface area contributed by atoms with Crippen LogP contribution in [0.2, 0.25) is 0 Å². The Hall–Kier alpha value is -1.36. The molecule has 0 spiro atoms. The maximum absolute atomic E-state index is 9.55. The van der Waals surface area contributed by atoms with Crippen LogP contribution in [-0.2, 0) is 9.59 Å². The molecule has 3 N–H and O–H groups in total. The zero-order valence-electron chi connectivity index (χ0n) is 7.90. The number of carboxylic acid groups (broad SMARTS) is 2. The molecule has 0 aliphatic carbocycles. The molecule has 0 amide bonds. The van der Waals surface area contributed by atoms with Crippen LogP contribution in [0.15, 0.2) is 12.2 Å². The molecule has 0 aromatic rings. The number of carboxylic acids is 2. The molecule has 1 aliphatic rings. The zero-order chi connectivity index (χ0) is 10.8. The van der Waals surface area contributed by atoms with Gasteiger partial charge in [0.2, 0.25) is 0 Å². The lowest BCUT2D eigenvalue weighted by Gasteiger charge is -2.08. The van der Waals surface area contributed by atoms with Crippen molar-refractivity contribution in [3.05, 3.63) is 12.2 Å². The molecule has 1 saturated heterocycles. The summed E-state index contributed by atoms with van der Waals surface area (Å²) in [6, 6.07) is 0. The third-order valence-electron chi connectivity index (χ3n) is 1.58. The first-order valence-electron chi connectivity index (χ1n) is 4.47. The number of aliphatic carboxylic acids is 2. The quantitative estimate of drug-likeness (QED) is 0.565. The molecule has 1 fully saturated rings. The van der Waals surface area contributed by atoms with Crippen molar-refractivity contribution in [1.82, 2.24) is 5.32 Å². The fourth-order valence-corrected chi connectivity index (χ4v) is 0.944. The molecule has 0 radical (unpaired) electrons. The summed E-state index contributed by atoms with van der Waals surface area (Å²) in [5.74, 6) is -2.51. The number of piperidine rings is 1. The zero-order valence-corrected chi connectivity index (χ0v) is 7.90. The van der Waals surface area contributed by atoms with E-state index in [0.717, 1.165) is 0 Å². The van der Waals surface area contributed by atoms with Crippen molar-refractivity contribution in [2.24, 2.45) is 0 Å². The van der Waals surface area contributed by atoms with Crippen molar-refractivity contribution in [3.8, 4) is 0 Å². The third kappa shape index (κ3) is 10.6. The first kappa shape index (κ1) is 12.6. The molecule has 0 unspecified atom stereocenters. The van der Waals surface area contributed by atoms with E-state index in [4.69, 9.17) is 10.2 Å². The molecule has 1 heterocycles. The lowest BCUT2D eigenvalue weighted by molar-refractivity contribution is -0.134. The van der Waals surface area contributed by atoms with E-state index in [1.807, 2.05) is 0 Å². The minimum absolute atomic E-state index is 0.558. The van der Waals surface area contributed by atoms with E-state index in [-0.39, 0.29) is 0 Å². The molecule has 5 nitrogen and oxygen atoms in total. The van der Waals surface area contributed by atoms with E-state index < -0.39 is 11.9 Å². The van der Waals surface area contributed by atoms with E-state index in [2.05, 4.69) is 5.32 Å². The molecule has 80 valence electrons. The summed E-state index contributed by atoms with van der Waals surface area (Å²) in [7, 11) is 0. The van der Waals surface area contributed by atoms with Crippen molar-refractivity contribution < 1.29 is 19.8 Å². The summed E-state index contributed by atoms with van der Waals surface area (Å²) < 4.78 is 0. The van der Waals surface area contributed by atoms with Crippen LogP contribution in [0.1, 0.15) is 19.3 Å². The lowest BCUT2D eigenvalue weighted by atomic mass is 10.2. The highest BCUT2D eigenvalue weighted by molar-refractivity contribution is 5.89. The van der Waals surface area contributed by atoms with Gasteiger partial charge in [0.15, 0.2) is 0 Å². The van der Waals surface area contributed by atoms with Crippen LogP contribution in [0.25, 0.3) is 0 Å². The molecule has 0 aromatic carbocycles. The second-order valence-corrected chi connectivity index (χ2v) is 2.82. The van der Waals surface area contributed by atoms with Crippen molar-refractivity contribution in [2.75, 3.05) is 13.1 Å². The van der Waals surface area contributed by atoms with Crippen molar-refractivity contribution >= 4 is 11.9 Å². The average Bonchev–Trinajstić information content (AvgIpc) is 2.18. The monoisotopic (exact) mass is 201 g/mol. The molecule has 1 rings (SSSR count). The van der Waals surface area contributed by atoms with Crippen molar-refractivity contribution in [1.29, 1.82) is 0 Å². The maximum Gasteiger partial charge on any atom is 0.328 e. The Morgan fingerprint density at radius 1 is 0.929 bits per heavy atom. The molecule has 0 saturated carbocycles. The second-order valence-electron chi connectivity index (χ2n) is 2.82. The van der Waals surface area contributed by atoms with Crippen LogP contribution in [-0.4, -0.2) is 35.2 Å². The van der Waals surface area contributed by atoms with Gasteiger partial charge < -0.3 is 15.5 Å². The molecular weight excluding hydrogens is 186 g/mol. The summed E-state index contributed by atoms with van der Waals surface area (Å²) >= 11 is 0. The third-order valence-corrected chi connectivity index (χ3v) is 1.58. The van der Waals surface area contributed by atoms with Gasteiger partial charge in [0.05, 0.1) is 0 Å². The number of hydrogen-bond acceptors (Lipinski definition) is 3. The first-order valence-corrected chi connectivity index (χ1v) is 4.47. The molecule has 0 bridgehead atoms. The van der Waals surface area contributed by atoms with Gasteiger partial charge in [-0.3, -0.25) is 0 Å². The summed E-state index contributed by atoms with van der Waals surface area (Å²) in [4.78, 5) is 19.1. The lowest BCUT2D eigenvalue weighted by Crippen LogP contribution is -2.21. The Labute approximate surface area is 82.4 Å². The second kappa shape index (κ2) is 8.25. The topological polar surface area (TPSA) is 86.6 Å². The Kier molecular flexibility index (Phi) is 7.45. The van der Waals surface area contributed by atoms with Gasteiger partial charge in [0.25, 0.3) is 0 Å². The molecule has 5 heteroatoms. The number of hydrogen-bond donors (Lipinski definition) is 3. The number of nitrogens with one attached hydrogen (secondary N) is 1. The fourth-order valence-electron chi connectivity index (χ4n) is 0.944. The van der Waals surface area contributed by atoms with Gasteiger partial charge in [-0.05, 0) is 25.9 Å². The Bertz CT molecular complexity index is 181. The van der Waals surface area contributed by atoms with E-state index in [1.54, 1.807) is 0 Å². The van der Waals surface area contributed by atoms with Crippen LogP contribution < -0.4 is 5.32 Å². The Balaban J connectivity index is 0.000000249. The highest BCUT2D eigenvalue weighted by Crippen LogP contribution is 1.96. The highest BCUT2D eigenvalue weighted by atomic mass is 16.4. The summed E-state index contributed by atoms with van der Waals surface area (Å²) in [5.41, 5.74) is 0. The van der Waals surface area contributed by atoms with Gasteiger partial charge in [-0.15, -0.1) is 0 Å². The molecule has 14 heavy (non-hydrogen) atoms. The number of carbonyl (C=O) groups is 2. The van der Waals surface area contributed by atoms with Gasteiger partial charge in [-0.25, -0.2) is 9.59 Å². The smallest absolute Gasteiger partial charge is 0.328 e. The largest absolute Gasteiger partial charge is 0.478 e. The van der Waals surface area contributed by atoms with Crippen LogP contribution >= 0.6 is 0 Å². The van der Waals surface area contributed by atoms with Crippen LogP contribution in [0, 0.1) is 0 Å². The van der Waals surface area contributed by atoms with E-state index in [1.165, 1.54) is 32.4 Å². The van der Waals surface area contributed by atoms with Crippen LogP contribution in [0.5, 0.6) is 0 Å². The van der Waals surface area contributed by atoms with E-state index in [9.17, 15) is 9.59 Å². The van der Waals surface area contributed by atoms with Crippen LogP contribution in [0.3, 0.4) is 0 Å². The summed E-state index contributed by atoms with van der Waals surface area (Å²) in [6.45, 7) is 2.50. The summed E-state index contributed by atoms with van der Waals surface area (Å²) in [6.07, 6.45) is 5.33. The first-order chi connectivity index (χ1) is 6.63. The standard InChI is InChI=1S/C5H11N.C4H4O4/c1-2-4-6-5-3-1;5-3(6)1-2-4(7)8/h6H,1-5H2;1-2H,(H,5,6)(H,7,8)/b;2-1-. The molecule has 0 aromatic heterocycles. The minimum atomic E-state index is -1.26. The summed E-state index contributed by atoms with van der Waals surface area (Å²) in [5, 5.41) is 18.9. The van der Waals surface area contributed by atoms with Crippen molar-refractivity contribution in [3.63, 3.8) is 0 Å². The predicted octanol–water partition coefficient (Wildman–Crippen LogP) is 0.472. The normalized spacial score (nSPS) is 15.7. The molecule has 0 atom stereocenters. The Morgan fingerprint density at radius 3 is 1.50 bits per heavy atom. The predicted molar refractivity (Wildman–Crippen MR) is 51.1 cm³/mol. The van der Waals surface area contributed by atoms with Gasteiger partial charge in [-0.1, -0.05) is 6.42 Å². The SMILES string of the molecule is C1CCNCC1.O=C(O)/C=C\C(=O)O. The van der Waals surface area contributed by atoms with E-state index in [0.29, 0.717) is 12.2 Å². The van der Waals surface area contributed by atoms with Gasteiger partial charge in [0, 0.05) is 12.2 Å². The molecular formula is C9H15NO4. The Morgan fingerprint density at radius 2 is 1.36 bits per heavy atom. The average molecular weight is 201 g/mol. The van der Waals surface area contributed by atoms with Crippen molar-refractivity contribution in [2.45, 2.75) is 19.3 Å². The maximum atomic E-state index is 9.55. The highest BCUT2D eigenvalue weighted by Gasteiger charge is 1.93. The van der Waals surface area contributed by atoms with Crippen LogP contribution in [0.4, 0.5) is 0 Å². The van der Waals surface area contributed by atoms with Gasteiger partial charge >= 0.3 is 11.9 Å². The van der Waals surface area contributed by atoms with Gasteiger partial charge in [0.1, 0.15) is 0 Å².